The van der Waals surface area contributed by atoms with Crippen LogP contribution in [0.1, 0.15) is 29.3 Å². The van der Waals surface area contributed by atoms with Crippen LogP contribution in [-0.4, -0.2) is 21.9 Å². The average Bonchev–Trinajstić information content (AvgIpc) is 3.44. The maximum atomic E-state index is 13.3. The molecule has 132 valence electrons. The zero-order valence-electron chi connectivity index (χ0n) is 14.3. The van der Waals surface area contributed by atoms with E-state index in [1.54, 1.807) is 12.1 Å². The van der Waals surface area contributed by atoms with Crippen molar-refractivity contribution in [3.8, 4) is 0 Å². The molecule has 1 fully saturated rings. The molecule has 0 radical (unpaired) electrons. The zero-order chi connectivity index (χ0) is 18.1. The number of thioether (sulfide) groups is 1. The highest BCUT2D eigenvalue weighted by molar-refractivity contribution is 8.00. The fourth-order valence-electron chi connectivity index (χ4n) is 2.71. The topological polar surface area (TPSA) is 54.9 Å². The summed E-state index contributed by atoms with van der Waals surface area (Å²) in [5.74, 6) is -0.389. The molecule has 0 aliphatic heterocycles. The van der Waals surface area contributed by atoms with E-state index in [0.717, 1.165) is 35.1 Å². The number of carbonyl (C=O) groups excluding carboxylic acids is 1. The highest BCUT2D eigenvalue weighted by Gasteiger charge is 2.30. The van der Waals surface area contributed by atoms with Crippen molar-refractivity contribution >= 4 is 28.7 Å². The Bertz CT molecular complexity index is 957. The molecule has 1 aromatic heterocycles. The van der Waals surface area contributed by atoms with Crippen molar-refractivity contribution in [3.05, 3.63) is 65.6 Å². The molecule has 1 atom stereocenters. The van der Waals surface area contributed by atoms with E-state index < -0.39 is 5.25 Å². The van der Waals surface area contributed by atoms with Gasteiger partial charge in [-0.2, -0.15) is 0 Å². The van der Waals surface area contributed by atoms with E-state index in [1.165, 1.54) is 23.9 Å². The number of amides is 1. The Morgan fingerprint density at radius 3 is 2.42 bits per heavy atom. The van der Waals surface area contributed by atoms with Crippen LogP contribution in [0.5, 0.6) is 0 Å². The first-order valence-electron chi connectivity index (χ1n) is 8.56. The van der Waals surface area contributed by atoms with Crippen molar-refractivity contribution in [2.45, 2.75) is 36.1 Å². The lowest BCUT2D eigenvalue weighted by molar-refractivity contribution is -0.120. The van der Waals surface area contributed by atoms with Gasteiger partial charge in [0, 0.05) is 6.04 Å². The van der Waals surface area contributed by atoms with Crippen molar-refractivity contribution in [2.24, 2.45) is 0 Å². The molecule has 1 unspecified atom stereocenters. The SMILES string of the molecule is Cc1nc2ccccc2nc1SC(C(=O)NC1CC1)c1ccc(F)cc1. The molecule has 1 aliphatic carbocycles. The highest BCUT2D eigenvalue weighted by Crippen LogP contribution is 2.37. The van der Waals surface area contributed by atoms with Crippen LogP contribution < -0.4 is 5.32 Å². The van der Waals surface area contributed by atoms with Crippen molar-refractivity contribution in [1.29, 1.82) is 0 Å². The third kappa shape index (κ3) is 3.70. The first-order valence-corrected chi connectivity index (χ1v) is 9.44. The second-order valence-corrected chi connectivity index (χ2v) is 7.53. The van der Waals surface area contributed by atoms with E-state index in [2.05, 4.69) is 15.3 Å². The Labute approximate surface area is 155 Å². The Balaban J connectivity index is 1.68. The van der Waals surface area contributed by atoms with Gasteiger partial charge in [0.15, 0.2) is 0 Å². The summed E-state index contributed by atoms with van der Waals surface area (Å²) in [6.45, 7) is 1.89. The number of carbonyl (C=O) groups is 1. The molecule has 1 aliphatic rings. The molecular weight excluding hydrogens is 349 g/mol. The lowest BCUT2D eigenvalue weighted by Crippen LogP contribution is -2.29. The van der Waals surface area contributed by atoms with Crippen LogP contribution in [0.2, 0.25) is 0 Å². The minimum Gasteiger partial charge on any atom is -0.352 e. The van der Waals surface area contributed by atoms with Crippen LogP contribution in [0.4, 0.5) is 4.39 Å². The first-order chi connectivity index (χ1) is 12.6. The van der Waals surface area contributed by atoms with Crippen LogP contribution in [0.25, 0.3) is 11.0 Å². The molecule has 0 bridgehead atoms. The second kappa shape index (κ2) is 7.03. The van der Waals surface area contributed by atoms with Crippen molar-refractivity contribution in [1.82, 2.24) is 15.3 Å². The van der Waals surface area contributed by atoms with Crippen LogP contribution in [-0.2, 0) is 4.79 Å². The minimum absolute atomic E-state index is 0.0709. The van der Waals surface area contributed by atoms with Crippen LogP contribution in [0, 0.1) is 12.7 Å². The number of aryl methyl sites for hydroxylation is 1. The van der Waals surface area contributed by atoms with Gasteiger partial charge in [-0.15, -0.1) is 0 Å². The number of rotatable bonds is 5. The summed E-state index contributed by atoms with van der Waals surface area (Å²) in [7, 11) is 0. The van der Waals surface area contributed by atoms with Crippen molar-refractivity contribution in [2.75, 3.05) is 0 Å². The smallest absolute Gasteiger partial charge is 0.238 e. The maximum absolute atomic E-state index is 13.3. The van der Waals surface area contributed by atoms with Gasteiger partial charge in [-0.25, -0.2) is 14.4 Å². The largest absolute Gasteiger partial charge is 0.352 e. The van der Waals surface area contributed by atoms with Crippen molar-refractivity contribution < 1.29 is 9.18 Å². The molecule has 3 aromatic rings. The van der Waals surface area contributed by atoms with Gasteiger partial charge >= 0.3 is 0 Å². The number of fused-ring (bicyclic) bond motifs is 1. The van der Waals surface area contributed by atoms with E-state index in [9.17, 15) is 9.18 Å². The Morgan fingerprint density at radius 2 is 1.77 bits per heavy atom. The third-order valence-corrected chi connectivity index (χ3v) is 5.60. The van der Waals surface area contributed by atoms with E-state index >= 15 is 0 Å². The highest BCUT2D eigenvalue weighted by atomic mass is 32.2. The number of halogens is 1. The average molecular weight is 367 g/mol. The lowest BCUT2D eigenvalue weighted by atomic mass is 10.1. The van der Waals surface area contributed by atoms with Gasteiger partial charge in [0.05, 0.1) is 16.7 Å². The molecule has 0 spiro atoms. The molecule has 1 heterocycles. The van der Waals surface area contributed by atoms with Crippen LogP contribution in [0.15, 0.2) is 53.6 Å². The van der Waals surface area contributed by atoms with E-state index in [4.69, 9.17) is 0 Å². The monoisotopic (exact) mass is 367 g/mol. The number of hydrogen-bond donors (Lipinski definition) is 1. The second-order valence-electron chi connectivity index (χ2n) is 6.44. The molecule has 1 amide bonds. The predicted molar refractivity (Wildman–Crippen MR) is 100 cm³/mol. The lowest BCUT2D eigenvalue weighted by Gasteiger charge is -2.17. The fraction of sp³-hybridized carbons (Fsp3) is 0.250. The van der Waals surface area contributed by atoms with Gasteiger partial charge in [-0.3, -0.25) is 4.79 Å². The predicted octanol–water partition coefficient (Wildman–Crippen LogP) is 4.19. The molecule has 0 saturated heterocycles. The minimum atomic E-state index is -0.495. The summed E-state index contributed by atoms with van der Waals surface area (Å²) in [5.41, 5.74) is 3.15. The normalized spacial score (nSPS) is 15.0. The molecule has 2 aromatic carbocycles. The van der Waals surface area contributed by atoms with E-state index in [0.29, 0.717) is 5.03 Å². The third-order valence-electron chi connectivity index (χ3n) is 4.27. The van der Waals surface area contributed by atoms with Crippen LogP contribution in [0.3, 0.4) is 0 Å². The Hall–Kier alpha value is -2.47. The van der Waals surface area contributed by atoms with Crippen molar-refractivity contribution in [3.63, 3.8) is 0 Å². The summed E-state index contributed by atoms with van der Waals surface area (Å²) >= 11 is 1.36. The van der Waals surface area contributed by atoms with Crippen LogP contribution >= 0.6 is 11.8 Å². The van der Waals surface area contributed by atoms with Gasteiger partial charge < -0.3 is 5.32 Å². The summed E-state index contributed by atoms with van der Waals surface area (Å²) in [5, 5.41) is 3.26. The number of nitrogens with zero attached hydrogens (tertiary/aromatic N) is 2. The van der Waals surface area contributed by atoms with Gasteiger partial charge in [0.1, 0.15) is 16.1 Å². The molecule has 26 heavy (non-hydrogen) atoms. The molecule has 1 saturated carbocycles. The number of nitrogens with one attached hydrogen (secondary N) is 1. The summed E-state index contributed by atoms with van der Waals surface area (Å²) < 4.78 is 13.3. The van der Waals surface area contributed by atoms with Gasteiger partial charge in [0.2, 0.25) is 5.91 Å². The summed E-state index contributed by atoms with van der Waals surface area (Å²) in [6, 6.07) is 14.0. The molecule has 4 nitrogen and oxygen atoms in total. The Morgan fingerprint density at radius 1 is 1.12 bits per heavy atom. The molecule has 1 N–H and O–H groups in total. The molecule has 6 heteroatoms. The number of benzene rings is 2. The van der Waals surface area contributed by atoms with E-state index in [1.807, 2.05) is 31.2 Å². The standard InChI is InChI=1S/C20H18FN3OS/c1-12-20(24-17-5-3-2-4-16(17)22-12)26-18(19(25)23-15-10-11-15)13-6-8-14(21)9-7-13/h2-9,15,18H,10-11H2,1H3,(H,23,25). The zero-order valence-corrected chi connectivity index (χ0v) is 15.1. The number of aromatic nitrogens is 2. The maximum Gasteiger partial charge on any atom is 0.238 e. The quantitative estimate of drug-likeness (QED) is 0.687. The molecular formula is C20H18FN3OS. The number of para-hydroxylation sites is 2. The first kappa shape index (κ1) is 17.0. The summed E-state index contributed by atoms with van der Waals surface area (Å²) in [6.07, 6.45) is 2.03. The Kier molecular flexibility index (Phi) is 4.59. The summed E-state index contributed by atoms with van der Waals surface area (Å²) in [4.78, 5) is 22.1. The van der Waals surface area contributed by atoms with Gasteiger partial charge in [0.25, 0.3) is 0 Å². The fourth-order valence-corrected chi connectivity index (χ4v) is 3.77. The van der Waals surface area contributed by atoms with E-state index in [-0.39, 0.29) is 17.8 Å². The molecule has 4 rings (SSSR count). The van der Waals surface area contributed by atoms with Gasteiger partial charge in [-0.1, -0.05) is 36.0 Å². The van der Waals surface area contributed by atoms with Gasteiger partial charge in [-0.05, 0) is 49.6 Å². The number of hydrogen-bond acceptors (Lipinski definition) is 4.